The van der Waals surface area contributed by atoms with Crippen molar-refractivity contribution in [3.05, 3.63) is 22.7 Å². The van der Waals surface area contributed by atoms with Gasteiger partial charge in [-0.25, -0.2) is 4.79 Å². The zero-order valence-electron chi connectivity index (χ0n) is 9.41. The van der Waals surface area contributed by atoms with Crippen molar-refractivity contribution in [1.29, 1.82) is 0 Å². The summed E-state index contributed by atoms with van der Waals surface area (Å²) in [6, 6.07) is 3.15. The van der Waals surface area contributed by atoms with E-state index in [4.69, 9.17) is 26.8 Å². The fraction of sp³-hybridized carbons (Fsp3) is 0.364. The van der Waals surface area contributed by atoms with Crippen molar-refractivity contribution < 1.29 is 14.3 Å². The van der Waals surface area contributed by atoms with Crippen LogP contribution in [0.25, 0.3) is 0 Å². The van der Waals surface area contributed by atoms with E-state index in [2.05, 4.69) is 0 Å². The predicted molar refractivity (Wildman–Crippen MR) is 63.0 cm³/mol. The lowest BCUT2D eigenvalue weighted by molar-refractivity contribution is 0.0376. The first kappa shape index (κ1) is 12.6. The first-order valence-electron chi connectivity index (χ1n) is 4.80. The molecule has 0 radical (unpaired) electrons. The van der Waals surface area contributed by atoms with Crippen molar-refractivity contribution in [3.8, 4) is 5.75 Å². The van der Waals surface area contributed by atoms with Crippen LogP contribution in [-0.4, -0.2) is 19.2 Å². The molecule has 4 nitrogen and oxygen atoms in total. The molecule has 5 heteroatoms. The molecule has 0 fully saturated rings. The molecule has 0 saturated carbocycles. The lowest BCUT2D eigenvalue weighted by atomic mass is 10.1. The van der Waals surface area contributed by atoms with E-state index in [9.17, 15) is 4.79 Å². The molecule has 1 rings (SSSR count). The molecule has 0 spiro atoms. The van der Waals surface area contributed by atoms with Gasteiger partial charge in [0.15, 0.2) is 0 Å². The lowest BCUT2D eigenvalue weighted by Crippen LogP contribution is -2.14. The van der Waals surface area contributed by atoms with Crippen LogP contribution in [0, 0.1) is 0 Å². The van der Waals surface area contributed by atoms with Gasteiger partial charge in [0.1, 0.15) is 11.3 Å². The van der Waals surface area contributed by atoms with Gasteiger partial charge in [-0.1, -0.05) is 11.6 Å². The van der Waals surface area contributed by atoms with Gasteiger partial charge >= 0.3 is 5.97 Å². The summed E-state index contributed by atoms with van der Waals surface area (Å²) in [5, 5.41) is 0.302. The number of rotatable bonds is 3. The van der Waals surface area contributed by atoms with Gasteiger partial charge in [0.25, 0.3) is 0 Å². The average Bonchev–Trinajstić information content (AvgIpc) is 2.20. The van der Waals surface area contributed by atoms with E-state index in [1.807, 2.05) is 0 Å². The van der Waals surface area contributed by atoms with Crippen LogP contribution in [-0.2, 0) is 4.74 Å². The van der Waals surface area contributed by atoms with Crippen LogP contribution in [0.2, 0.25) is 5.02 Å². The number of esters is 1. The van der Waals surface area contributed by atoms with Crippen molar-refractivity contribution in [2.75, 3.05) is 12.8 Å². The minimum absolute atomic E-state index is 0.170. The number of nitrogen functional groups attached to an aromatic ring is 1. The molecule has 0 aliphatic rings. The van der Waals surface area contributed by atoms with E-state index < -0.39 is 5.97 Å². The van der Waals surface area contributed by atoms with E-state index in [0.29, 0.717) is 10.8 Å². The van der Waals surface area contributed by atoms with Crippen molar-refractivity contribution in [1.82, 2.24) is 0 Å². The number of hydrogen-bond acceptors (Lipinski definition) is 4. The maximum Gasteiger partial charge on any atom is 0.344 e. The number of benzene rings is 1. The Balaban J connectivity index is 3.19. The molecule has 0 atom stereocenters. The van der Waals surface area contributed by atoms with Crippen LogP contribution < -0.4 is 10.5 Å². The lowest BCUT2D eigenvalue weighted by Gasteiger charge is -2.13. The molecule has 0 aliphatic heterocycles. The van der Waals surface area contributed by atoms with Crippen molar-refractivity contribution >= 4 is 23.3 Å². The van der Waals surface area contributed by atoms with Crippen LogP contribution >= 0.6 is 11.6 Å². The molecule has 0 amide bonds. The number of carbonyl (C=O) groups is 1. The van der Waals surface area contributed by atoms with Crippen LogP contribution in [0.1, 0.15) is 24.2 Å². The third-order valence-corrected chi connectivity index (χ3v) is 2.25. The number of halogens is 1. The standard InChI is InChI=1S/C11H14ClNO3/c1-6(2)16-11(14)9-8(15-3)5-4-7(12)10(9)13/h4-6H,13H2,1-3H3. The highest BCUT2D eigenvalue weighted by Crippen LogP contribution is 2.31. The SMILES string of the molecule is COc1ccc(Cl)c(N)c1C(=O)OC(C)C. The van der Waals surface area contributed by atoms with Crippen molar-refractivity contribution in [2.45, 2.75) is 20.0 Å². The van der Waals surface area contributed by atoms with Crippen LogP contribution in [0.3, 0.4) is 0 Å². The molecule has 16 heavy (non-hydrogen) atoms. The van der Waals surface area contributed by atoms with Gasteiger partial charge in [-0.2, -0.15) is 0 Å². The van der Waals surface area contributed by atoms with E-state index in [1.165, 1.54) is 7.11 Å². The molecule has 0 saturated heterocycles. The quantitative estimate of drug-likeness (QED) is 0.655. The first-order valence-corrected chi connectivity index (χ1v) is 5.18. The largest absolute Gasteiger partial charge is 0.496 e. The Morgan fingerprint density at radius 2 is 2.06 bits per heavy atom. The minimum Gasteiger partial charge on any atom is -0.496 e. The summed E-state index contributed by atoms with van der Waals surface area (Å²) in [6.07, 6.45) is -0.226. The molecule has 1 aromatic carbocycles. The molecule has 0 heterocycles. The molecule has 0 bridgehead atoms. The number of ether oxygens (including phenoxy) is 2. The van der Waals surface area contributed by atoms with Gasteiger partial charge in [-0.05, 0) is 26.0 Å². The third-order valence-electron chi connectivity index (χ3n) is 1.92. The molecular formula is C11H14ClNO3. The fourth-order valence-electron chi connectivity index (χ4n) is 1.23. The summed E-state index contributed by atoms with van der Waals surface area (Å²) in [4.78, 5) is 11.8. The average molecular weight is 244 g/mol. The van der Waals surface area contributed by atoms with Gasteiger partial charge in [-0.15, -0.1) is 0 Å². The number of anilines is 1. The second-order valence-corrected chi connectivity index (χ2v) is 3.90. The summed E-state index contributed by atoms with van der Waals surface area (Å²) in [5.41, 5.74) is 6.07. The molecule has 88 valence electrons. The maximum absolute atomic E-state index is 11.8. The molecule has 2 N–H and O–H groups in total. The van der Waals surface area contributed by atoms with E-state index in [-0.39, 0.29) is 17.4 Å². The second kappa shape index (κ2) is 5.07. The normalized spacial score (nSPS) is 10.3. The zero-order valence-corrected chi connectivity index (χ0v) is 10.2. The van der Waals surface area contributed by atoms with Gasteiger partial charge in [-0.3, -0.25) is 0 Å². The highest BCUT2D eigenvalue weighted by molar-refractivity contribution is 6.34. The van der Waals surface area contributed by atoms with Crippen LogP contribution in [0.4, 0.5) is 5.69 Å². The minimum atomic E-state index is -0.535. The van der Waals surface area contributed by atoms with Crippen molar-refractivity contribution in [2.24, 2.45) is 0 Å². The number of carbonyl (C=O) groups excluding carboxylic acids is 1. The van der Waals surface area contributed by atoms with E-state index in [0.717, 1.165) is 0 Å². The Labute approximate surface area is 99.3 Å². The Morgan fingerprint density at radius 3 is 2.56 bits per heavy atom. The van der Waals surface area contributed by atoms with E-state index >= 15 is 0 Å². The van der Waals surface area contributed by atoms with Crippen molar-refractivity contribution in [3.63, 3.8) is 0 Å². The smallest absolute Gasteiger partial charge is 0.344 e. The van der Waals surface area contributed by atoms with Gasteiger partial charge in [0.2, 0.25) is 0 Å². The summed E-state index contributed by atoms with van der Waals surface area (Å²) in [5.74, 6) is -0.181. The van der Waals surface area contributed by atoms with E-state index in [1.54, 1.807) is 26.0 Å². The Morgan fingerprint density at radius 1 is 1.44 bits per heavy atom. The van der Waals surface area contributed by atoms with Gasteiger partial charge in [0, 0.05) is 0 Å². The summed E-state index contributed by atoms with van der Waals surface area (Å²) < 4.78 is 10.1. The van der Waals surface area contributed by atoms with Crippen LogP contribution in [0.5, 0.6) is 5.75 Å². The number of nitrogens with two attached hydrogens (primary N) is 1. The molecular weight excluding hydrogens is 230 g/mol. The molecule has 0 aromatic heterocycles. The van der Waals surface area contributed by atoms with Gasteiger partial charge in [0.05, 0.1) is 23.9 Å². The summed E-state index contributed by atoms with van der Waals surface area (Å²) >= 11 is 5.84. The third kappa shape index (κ3) is 2.58. The first-order chi connectivity index (χ1) is 7.47. The maximum atomic E-state index is 11.8. The van der Waals surface area contributed by atoms with Crippen LogP contribution in [0.15, 0.2) is 12.1 Å². The summed E-state index contributed by atoms with van der Waals surface area (Å²) in [7, 11) is 1.45. The van der Waals surface area contributed by atoms with Gasteiger partial charge < -0.3 is 15.2 Å². The summed E-state index contributed by atoms with van der Waals surface area (Å²) in [6.45, 7) is 3.51. The second-order valence-electron chi connectivity index (χ2n) is 3.49. The monoisotopic (exact) mass is 243 g/mol. The number of methoxy groups -OCH3 is 1. The predicted octanol–water partition coefficient (Wildman–Crippen LogP) is 2.50. The zero-order chi connectivity index (χ0) is 12.3. The Kier molecular flexibility index (Phi) is 4.01. The fourth-order valence-corrected chi connectivity index (χ4v) is 1.39. The highest BCUT2D eigenvalue weighted by atomic mass is 35.5. The molecule has 0 aliphatic carbocycles. The Bertz CT molecular complexity index is 404. The number of hydrogen-bond donors (Lipinski definition) is 1. The molecule has 1 aromatic rings. The highest BCUT2D eigenvalue weighted by Gasteiger charge is 2.20. The Hall–Kier alpha value is -1.42. The topological polar surface area (TPSA) is 61.5 Å². The molecule has 0 unspecified atom stereocenters.